The minimum Gasteiger partial charge on any atom is -0.480 e. The fraction of sp³-hybridized carbons (Fsp3) is 0.259. The number of benzene rings is 3. The summed E-state index contributed by atoms with van der Waals surface area (Å²) in [5, 5.41) is 12.4. The Labute approximate surface area is 187 Å². The Morgan fingerprint density at radius 3 is 2.25 bits per heavy atom. The molecule has 0 spiro atoms. The summed E-state index contributed by atoms with van der Waals surface area (Å²) in [4.78, 5) is 24.6. The van der Waals surface area contributed by atoms with Gasteiger partial charge in [0, 0.05) is 5.92 Å². The Morgan fingerprint density at radius 2 is 1.62 bits per heavy atom. The Kier molecular flexibility index (Phi) is 5.17. The molecule has 2 aliphatic rings. The zero-order valence-corrected chi connectivity index (χ0v) is 17.9. The highest BCUT2D eigenvalue weighted by Crippen LogP contribution is 2.44. The van der Waals surface area contributed by atoms with Gasteiger partial charge in [0.05, 0.1) is 0 Å². The molecule has 5 rings (SSSR count). The second-order valence-corrected chi connectivity index (χ2v) is 8.67. The number of amides is 1. The maximum Gasteiger partial charge on any atom is 0.407 e. The molecule has 0 aliphatic heterocycles. The van der Waals surface area contributed by atoms with E-state index in [1.807, 2.05) is 49.4 Å². The molecule has 0 heterocycles. The van der Waals surface area contributed by atoms with Crippen LogP contribution in [0.1, 0.15) is 33.7 Å². The van der Waals surface area contributed by atoms with Crippen LogP contribution in [0.25, 0.3) is 11.1 Å². The molecular weight excluding hydrogens is 402 g/mol. The second kappa shape index (κ2) is 8.15. The fourth-order valence-corrected chi connectivity index (χ4v) is 5.25. The molecular formula is C27H25NO4. The molecule has 1 unspecified atom stereocenters. The zero-order chi connectivity index (χ0) is 22.2. The number of hydrogen-bond donors (Lipinski definition) is 2. The van der Waals surface area contributed by atoms with Crippen molar-refractivity contribution in [3.8, 4) is 11.1 Å². The van der Waals surface area contributed by atoms with Crippen molar-refractivity contribution < 1.29 is 19.4 Å². The SMILES string of the molecule is Cc1cccc2c1CC([C@H](NC(=O)OCC1c3ccccc3-c3ccccc31)C(=O)O)C2. The van der Waals surface area contributed by atoms with Crippen molar-refractivity contribution in [1.29, 1.82) is 0 Å². The summed E-state index contributed by atoms with van der Waals surface area (Å²) in [7, 11) is 0. The first-order chi connectivity index (χ1) is 15.5. The predicted molar refractivity (Wildman–Crippen MR) is 122 cm³/mol. The molecule has 0 bridgehead atoms. The van der Waals surface area contributed by atoms with Crippen LogP contribution in [0, 0.1) is 12.8 Å². The van der Waals surface area contributed by atoms with Crippen LogP contribution < -0.4 is 5.32 Å². The van der Waals surface area contributed by atoms with Crippen molar-refractivity contribution in [2.75, 3.05) is 6.61 Å². The van der Waals surface area contributed by atoms with E-state index in [1.54, 1.807) is 0 Å². The third-order valence-electron chi connectivity index (χ3n) is 6.81. The van der Waals surface area contributed by atoms with Gasteiger partial charge < -0.3 is 15.2 Å². The number of fused-ring (bicyclic) bond motifs is 4. The molecule has 0 saturated carbocycles. The van der Waals surface area contributed by atoms with E-state index in [4.69, 9.17) is 4.74 Å². The average molecular weight is 428 g/mol. The minimum atomic E-state index is -1.03. The van der Waals surface area contributed by atoms with Gasteiger partial charge in [-0.15, -0.1) is 0 Å². The molecule has 2 atom stereocenters. The minimum absolute atomic E-state index is 0.0604. The summed E-state index contributed by atoms with van der Waals surface area (Å²) in [6.45, 7) is 2.20. The Morgan fingerprint density at radius 1 is 0.969 bits per heavy atom. The third-order valence-corrected chi connectivity index (χ3v) is 6.81. The van der Waals surface area contributed by atoms with Crippen LogP contribution in [0.15, 0.2) is 66.7 Å². The van der Waals surface area contributed by atoms with Gasteiger partial charge >= 0.3 is 12.1 Å². The van der Waals surface area contributed by atoms with E-state index in [9.17, 15) is 14.7 Å². The van der Waals surface area contributed by atoms with E-state index in [-0.39, 0.29) is 18.4 Å². The van der Waals surface area contributed by atoms with Crippen LogP contribution in [0.2, 0.25) is 0 Å². The van der Waals surface area contributed by atoms with Gasteiger partial charge in [-0.25, -0.2) is 9.59 Å². The molecule has 32 heavy (non-hydrogen) atoms. The van der Waals surface area contributed by atoms with Crippen LogP contribution >= 0.6 is 0 Å². The number of aliphatic carboxylic acids is 1. The van der Waals surface area contributed by atoms with E-state index in [2.05, 4.69) is 29.6 Å². The molecule has 0 saturated heterocycles. The molecule has 1 amide bonds. The summed E-state index contributed by atoms with van der Waals surface area (Å²) in [6.07, 6.45) is 0.590. The summed E-state index contributed by atoms with van der Waals surface area (Å²) in [5.41, 5.74) is 8.07. The van der Waals surface area contributed by atoms with Crippen LogP contribution in [0.5, 0.6) is 0 Å². The van der Waals surface area contributed by atoms with Crippen molar-refractivity contribution in [1.82, 2.24) is 5.32 Å². The quantitative estimate of drug-likeness (QED) is 0.619. The summed E-state index contributed by atoms with van der Waals surface area (Å²) in [6, 6.07) is 21.3. The molecule has 3 aromatic carbocycles. The van der Waals surface area contributed by atoms with Crippen molar-refractivity contribution in [2.24, 2.45) is 5.92 Å². The zero-order valence-electron chi connectivity index (χ0n) is 17.9. The smallest absolute Gasteiger partial charge is 0.407 e. The van der Waals surface area contributed by atoms with Gasteiger partial charge in [0.15, 0.2) is 0 Å². The fourth-order valence-electron chi connectivity index (χ4n) is 5.25. The van der Waals surface area contributed by atoms with Crippen LogP contribution in [0.4, 0.5) is 4.79 Å². The lowest BCUT2D eigenvalue weighted by molar-refractivity contribution is -0.140. The van der Waals surface area contributed by atoms with Gasteiger partial charge in [0.1, 0.15) is 12.6 Å². The molecule has 2 aliphatic carbocycles. The Hall–Kier alpha value is -3.60. The third kappa shape index (κ3) is 3.54. The molecule has 2 N–H and O–H groups in total. The number of rotatable bonds is 5. The average Bonchev–Trinajstić information content (AvgIpc) is 3.36. The molecule has 3 aromatic rings. The number of aryl methyl sites for hydroxylation is 1. The van der Waals surface area contributed by atoms with E-state index in [1.165, 1.54) is 5.56 Å². The van der Waals surface area contributed by atoms with E-state index < -0.39 is 18.1 Å². The number of hydrogen-bond acceptors (Lipinski definition) is 3. The van der Waals surface area contributed by atoms with Crippen LogP contribution in [0.3, 0.4) is 0 Å². The standard InChI is InChI=1S/C27H25NO4/c1-16-7-6-8-17-13-18(14-23(16)17)25(26(29)30)28-27(31)32-15-24-21-11-4-2-9-19(21)20-10-3-5-12-22(20)24/h2-12,18,24-25H,13-15H2,1H3,(H,28,31)(H,29,30)/t18?,25-/m0/s1. The Balaban J connectivity index is 1.28. The lowest BCUT2D eigenvalue weighted by Gasteiger charge is -2.21. The molecule has 5 heteroatoms. The second-order valence-electron chi connectivity index (χ2n) is 8.67. The van der Waals surface area contributed by atoms with Crippen molar-refractivity contribution >= 4 is 12.1 Å². The maximum absolute atomic E-state index is 12.6. The van der Waals surface area contributed by atoms with E-state index >= 15 is 0 Å². The molecule has 0 radical (unpaired) electrons. The molecule has 5 nitrogen and oxygen atoms in total. The number of carboxylic acids is 1. The van der Waals surface area contributed by atoms with Crippen molar-refractivity contribution in [3.05, 3.63) is 94.5 Å². The largest absolute Gasteiger partial charge is 0.480 e. The predicted octanol–water partition coefficient (Wildman–Crippen LogP) is 4.70. The van der Waals surface area contributed by atoms with Gasteiger partial charge in [-0.05, 0) is 64.6 Å². The summed E-state index contributed by atoms with van der Waals surface area (Å²) in [5.74, 6) is -1.28. The number of carboxylic acid groups (broad SMARTS) is 1. The monoisotopic (exact) mass is 427 g/mol. The highest BCUT2D eigenvalue weighted by atomic mass is 16.5. The van der Waals surface area contributed by atoms with Crippen molar-refractivity contribution in [3.63, 3.8) is 0 Å². The number of ether oxygens (including phenoxy) is 1. The first-order valence-corrected chi connectivity index (χ1v) is 10.9. The molecule has 0 fully saturated rings. The van der Waals surface area contributed by atoms with Crippen LogP contribution in [-0.2, 0) is 22.4 Å². The lowest BCUT2D eigenvalue weighted by atomic mass is 9.96. The molecule has 0 aromatic heterocycles. The van der Waals surface area contributed by atoms with E-state index in [0.29, 0.717) is 12.8 Å². The number of carbonyl (C=O) groups is 2. The maximum atomic E-state index is 12.6. The van der Waals surface area contributed by atoms with Gasteiger partial charge in [-0.1, -0.05) is 66.7 Å². The summed E-state index contributed by atoms with van der Waals surface area (Å²) < 4.78 is 5.57. The lowest BCUT2D eigenvalue weighted by Crippen LogP contribution is -2.46. The topological polar surface area (TPSA) is 75.6 Å². The normalized spacial score (nSPS) is 17.2. The Bertz CT molecular complexity index is 1160. The first-order valence-electron chi connectivity index (χ1n) is 10.9. The molecule has 162 valence electrons. The van der Waals surface area contributed by atoms with Crippen LogP contribution in [-0.4, -0.2) is 29.8 Å². The van der Waals surface area contributed by atoms with Gasteiger partial charge in [-0.2, -0.15) is 0 Å². The number of carbonyl (C=O) groups excluding carboxylic acids is 1. The highest BCUT2D eigenvalue weighted by molar-refractivity contribution is 5.81. The highest BCUT2D eigenvalue weighted by Gasteiger charge is 2.36. The van der Waals surface area contributed by atoms with Gasteiger partial charge in [0.2, 0.25) is 0 Å². The number of nitrogens with one attached hydrogen (secondary N) is 1. The van der Waals surface area contributed by atoms with Gasteiger partial charge in [-0.3, -0.25) is 0 Å². The van der Waals surface area contributed by atoms with Gasteiger partial charge in [0.25, 0.3) is 0 Å². The van der Waals surface area contributed by atoms with E-state index in [0.717, 1.165) is 33.4 Å². The summed E-state index contributed by atoms with van der Waals surface area (Å²) >= 11 is 0. The first kappa shape index (κ1) is 20.3. The number of alkyl carbamates (subject to hydrolysis) is 1. The van der Waals surface area contributed by atoms with Crippen molar-refractivity contribution in [2.45, 2.75) is 31.7 Å².